The Morgan fingerprint density at radius 1 is 1.12 bits per heavy atom. The van der Waals surface area contributed by atoms with Gasteiger partial charge in [0, 0.05) is 42.7 Å². The van der Waals surface area contributed by atoms with Crippen molar-refractivity contribution < 1.29 is 42.0 Å². The van der Waals surface area contributed by atoms with E-state index in [0.29, 0.717) is 5.69 Å². The van der Waals surface area contributed by atoms with Crippen molar-refractivity contribution in [2.24, 2.45) is 0 Å². The summed E-state index contributed by atoms with van der Waals surface area (Å²) in [4.78, 5) is 4.54. The quantitative estimate of drug-likeness (QED) is 0.180. The number of alkyl halides is 2. The molecule has 2 aliphatic rings. The van der Waals surface area contributed by atoms with E-state index in [4.69, 9.17) is 4.74 Å². The van der Waals surface area contributed by atoms with E-state index in [1.807, 2.05) is 13.0 Å². The number of halogens is 5. The molecule has 1 aromatic carbocycles. The molecule has 230 valence electrons. The summed E-state index contributed by atoms with van der Waals surface area (Å²) in [6.45, 7) is 1.32. The molecule has 5 rings (SSSR count). The molecule has 0 radical (unpaired) electrons. The number of rotatable bonds is 7. The molecular weight excluding hydrogens is 583 g/mol. The molecular formula is C28H33F5N4O4S. The van der Waals surface area contributed by atoms with Crippen LogP contribution in [0.1, 0.15) is 48.2 Å². The lowest BCUT2D eigenvalue weighted by Gasteiger charge is -2.53. The first-order chi connectivity index (χ1) is 19.9. The SMILES string of the molecule is CO[C@H]1C[SH](C(c2ncccc2C)C2(O)CCC(F)(F)CC2)[C@H](CO)[C@H](O)[C@@H]1n1cc(-c2ccc(F)c(F)c2F)nn1. The van der Waals surface area contributed by atoms with Crippen LogP contribution in [-0.2, 0) is 4.74 Å². The molecule has 2 unspecified atom stereocenters. The second kappa shape index (κ2) is 11.8. The number of aliphatic hydroxyl groups excluding tert-OH is 2. The van der Waals surface area contributed by atoms with Gasteiger partial charge in [-0.3, -0.25) is 4.98 Å². The van der Waals surface area contributed by atoms with E-state index in [2.05, 4.69) is 15.3 Å². The molecule has 1 aliphatic carbocycles. The number of hydrogen-bond donors (Lipinski definition) is 4. The van der Waals surface area contributed by atoms with Gasteiger partial charge in [-0.2, -0.15) is 0 Å². The number of aryl methyl sites for hydroxylation is 1. The standard InChI is InChI=1S/C28H33F5N4O4S/c1-15-4-3-11-34-23(15)26(27(40)7-9-28(32,33)10-8-27)42-14-19(41-2)24(25(39)20(42)13-38)37-12-18(35-36-37)16-5-6-17(29)22(31)21(16)30/h3-6,11-12,19-20,24-26,38-40,42H,7-10,13-14H2,1-2H3/t19-,20+,24+,25-,26?/m0/s1. The summed E-state index contributed by atoms with van der Waals surface area (Å²) < 4.78 is 77.2. The Morgan fingerprint density at radius 2 is 1.83 bits per heavy atom. The number of benzene rings is 1. The Balaban J connectivity index is 1.52. The van der Waals surface area contributed by atoms with E-state index < -0.39 is 88.1 Å². The van der Waals surface area contributed by atoms with Gasteiger partial charge in [-0.05, 0) is 43.5 Å². The summed E-state index contributed by atoms with van der Waals surface area (Å²) in [7, 11) is -0.123. The van der Waals surface area contributed by atoms with Gasteiger partial charge in [0.2, 0.25) is 5.92 Å². The van der Waals surface area contributed by atoms with Crippen molar-refractivity contribution >= 4 is 10.9 Å². The maximum absolute atomic E-state index is 14.5. The van der Waals surface area contributed by atoms with Crippen molar-refractivity contribution in [3.63, 3.8) is 0 Å². The van der Waals surface area contributed by atoms with Crippen LogP contribution >= 0.6 is 10.9 Å². The van der Waals surface area contributed by atoms with E-state index in [1.54, 1.807) is 12.3 Å². The third-order valence-electron chi connectivity index (χ3n) is 8.56. The number of aromatic nitrogens is 4. The maximum Gasteiger partial charge on any atom is 0.248 e. The summed E-state index contributed by atoms with van der Waals surface area (Å²) in [6.07, 6.45) is -0.593. The largest absolute Gasteiger partial charge is 0.395 e. The van der Waals surface area contributed by atoms with E-state index in [1.165, 1.54) is 18.0 Å². The fraction of sp³-hybridized carbons (Fsp3) is 0.536. The second-order valence-corrected chi connectivity index (χ2v) is 13.6. The Morgan fingerprint density at radius 3 is 2.48 bits per heavy atom. The molecule has 8 nitrogen and oxygen atoms in total. The minimum Gasteiger partial charge on any atom is -0.395 e. The van der Waals surface area contributed by atoms with Crippen molar-refractivity contribution in [2.45, 2.75) is 72.9 Å². The third kappa shape index (κ3) is 5.54. The normalized spacial score (nSPS) is 28.9. The van der Waals surface area contributed by atoms with Crippen molar-refractivity contribution in [1.29, 1.82) is 0 Å². The molecule has 1 saturated heterocycles. The number of methoxy groups -OCH3 is 1. The van der Waals surface area contributed by atoms with Crippen LogP contribution in [-0.4, -0.2) is 83.7 Å². The zero-order chi connectivity index (χ0) is 30.4. The highest BCUT2D eigenvalue weighted by Crippen LogP contribution is 2.61. The smallest absolute Gasteiger partial charge is 0.248 e. The van der Waals surface area contributed by atoms with Gasteiger partial charge in [-0.15, -0.1) is 5.10 Å². The zero-order valence-corrected chi connectivity index (χ0v) is 23.9. The number of hydrogen-bond acceptors (Lipinski definition) is 7. The van der Waals surface area contributed by atoms with Gasteiger partial charge in [0.05, 0.1) is 41.6 Å². The van der Waals surface area contributed by atoms with E-state index in [-0.39, 0.29) is 29.9 Å². The molecule has 0 amide bonds. The zero-order valence-electron chi connectivity index (χ0n) is 23.0. The topological polar surface area (TPSA) is 114 Å². The van der Waals surface area contributed by atoms with Gasteiger partial charge < -0.3 is 20.1 Å². The molecule has 14 heteroatoms. The van der Waals surface area contributed by atoms with Crippen molar-refractivity contribution in [2.75, 3.05) is 19.5 Å². The van der Waals surface area contributed by atoms with Gasteiger partial charge in [0.15, 0.2) is 17.5 Å². The van der Waals surface area contributed by atoms with Gasteiger partial charge >= 0.3 is 0 Å². The first kappa shape index (κ1) is 30.8. The van der Waals surface area contributed by atoms with Gasteiger partial charge in [-0.25, -0.2) is 37.5 Å². The lowest BCUT2D eigenvalue weighted by molar-refractivity contribution is -0.105. The molecule has 1 saturated carbocycles. The van der Waals surface area contributed by atoms with Crippen LogP contribution in [0, 0.1) is 24.4 Å². The van der Waals surface area contributed by atoms with E-state index in [0.717, 1.165) is 17.7 Å². The highest BCUT2D eigenvalue weighted by atomic mass is 32.2. The predicted molar refractivity (Wildman–Crippen MR) is 146 cm³/mol. The number of aliphatic hydroxyl groups is 3. The van der Waals surface area contributed by atoms with E-state index in [9.17, 15) is 37.3 Å². The Labute approximate surface area is 241 Å². The molecule has 0 bridgehead atoms. The summed E-state index contributed by atoms with van der Waals surface area (Å²) in [5.74, 6) is -7.12. The number of thiol groups is 1. The van der Waals surface area contributed by atoms with Crippen LogP contribution in [0.5, 0.6) is 0 Å². The molecule has 6 atom stereocenters. The first-order valence-corrected chi connectivity index (χ1v) is 15.2. The Hall–Kier alpha value is -2.65. The van der Waals surface area contributed by atoms with Gasteiger partial charge in [0.1, 0.15) is 11.7 Å². The molecule has 42 heavy (non-hydrogen) atoms. The Bertz CT molecular complexity index is 1420. The average Bonchev–Trinajstić information content (AvgIpc) is 3.44. The minimum absolute atomic E-state index is 0.110. The summed E-state index contributed by atoms with van der Waals surface area (Å²) in [5, 5.41) is 40.6. The van der Waals surface area contributed by atoms with Crippen LogP contribution < -0.4 is 0 Å². The first-order valence-electron chi connectivity index (χ1n) is 13.6. The summed E-state index contributed by atoms with van der Waals surface area (Å²) >= 11 is 0. The van der Waals surface area contributed by atoms with E-state index >= 15 is 0 Å². The van der Waals surface area contributed by atoms with Crippen molar-refractivity contribution in [3.8, 4) is 11.3 Å². The van der Waals surface area contributed by atoms with Gasteiger partial charge in [-0.1, -0.05) is 11.3 Å². The fourth-order valence-electron chi connectivity index (χ4n) is 6.24. The number of ether oxygens (including phenoxy) is 1. The number of pyridine rings is 1. The van der Waals surface area contributed by atoms with Crippen LogP contribution in [0.2, 0.25) is 0 Å². The highest BCUT2D eigenvalue weighted by Gasteiger charge is 2.54. The highest BCUT2D eigenvalue weighted by molar-refractivity contribution is 8.18. The molecule has 1 aliphatic heterocycles. The van der Waals surface area contributed by atoms with Crippen molar-refractivity contribution in [3.05, 3.63) is 65.4 Å². The van der Waals surface area contributed by atoms with Crippen molar-refractivity contribution in [1.82, 2.24) is 20.0 Å². The molecule has 3 aromatic rings. The number of nitrogens with zero attached hydrogens (tertiary/aromatic N) is 4. The van der Waals surface area contributed by atoms with Crippen LogP contribution in [0.4, 0.5) is 22.0 Å². The molecule has 3 heterocycles. The third-order valence-corrected chi connectivity index (χ3v) is 12.0. The Kier molecular flexibility index (Phi) is 8.65. The average molecular weight is 617 g/mol. The summed E-state index contributed by atoms with van der Waals surface area (Å²) in [5.41, 5.74) is -0.738. The van der Waals surface area contributed by atoms with Gasteiger partial charge in [0.25, 0.3) is 0 Å². The lowest BCUT2D eigenvalue weighted by atomic mass is 9.79. The summed E-state index contributed by atoms with van der Waals surface area (Å²) in [6, 6.07) is 4.40. The predicted octanol–water partition coefficient (Wildman–Crippen LogP) is 4.04. The molecule has 3 N–H and O–H groups in total. The molecule has 2 aromatic heterocycles. The molecule has 0 spiro atoms. The maximum atomic E-state index is 14.5. The second-order valence-electron chi connectivity index (χ2n) is 11.1. The fourth-order valence-corrected chi connectivity index (χ4v) is 10.1. The molecule has 2 fully saturated rings. The van der Waals surface area contributed by atoms with Crippen LogP contribution in [0.25, 0.3) is 11.3 Å². The van der Waals surface area contributed by atoms with Crippen LogP contribution in [0.3, 0.4) is 0 Å². The minimum atomic E-state index is -2.90. The van der Waals surface area contributed by atoms with Crippen LogP contribution in [0.15, 0.2) is 36.7 Å². The lowest BCUT2D eigenvalue weighted by Crippen LogP contribution is -2.54. The monoisotopic (exact) mass is 616 g/mol.